The van der Waals surface area contributed by atoms with Crippen LogP contribution in [-0.4, -0.2) is 20.8 Å². The maximum atomic E-state index is 12.1. The van der Waals surface area contributed by atoms with Crippen LogP contribution in [0.1, 0.15) is 44.2 Å². The molecule has 5 nitrogen and oxygen atoms in total. The number of hydrogen-bond donors (Lipinski definition) is 2. The van der Waals surface area contributed by atoms with Gasteiger partial charge in [-0.1, -0.05) is 17.7 Å². The molecule has 1 atom stereocenters. The van der Waals surface area contributed by atoms with E-state index in [9.17, 15) is 9.90 Å². The number of anilines is 1. The Hall–Kier alpha value is -2.01. The molecular weight excluding hydrogens is 302 g/mol. The van der Waals surface area contributed by atoms with Crippen LogP contribution in [0.3, 0.4) is 0 Å². The minimum atomic E-state index is -0.227. The fraction of sp³-hybridized carbons (Fsp3) is 0.375. The number of amides is 1. The van der Waals surface area contributed by atoms with Crippen molar-refractivity contribution in [3.8, 4) is 5.75 Å². The smallest absolute Gasteiger partial charge is 0.226 e. The lowest BCUT2D eigenvalue weighted by Gasteiger charge is -2.28. The fourth-order valence-corrected chi connectivity index (χ4v) is 2.95. The summed E-state index contributed by atoms with van der Waals surface area (Å²) in [6.45, 7) is 6.11. The van der Waals surface area contributed by atoms with Crippen LogP contribution in [0.4, 0.5) is 5.82 Å². The van der Waals surface area contributed by atoms with E-state index in [4.69, 9.17) is 11.6 Å². The summed E-state index contributed by atoms with van der Waals surface area (Å²) >= 11 is 6.00. The number of benzene rings is 1. The van der Waals surface area contributed by atoms with Crippen LogP contribution in [0, 0.1) is 0 Å². The summed E-state index contributed by atoms with van der Waals surface area (Å²) < 4.78 is 1.83. The maximum absolute atomic E-state index is 12.1. The number of halogens is 1. The fourth-order valence-electron chi connectivity index (χ4n) is 2.77. The number of aromatic hydroxyl groups is 1. The molecule has 0 saturated carbocycles. The molecule has 2 aromatic rings. The van der Waals surface area contributed by atoms with Crippen molar-refractivity contribution >= 4 is 23.3 Å². The van der Waals surface area contributed by atoms with Gasteiger partial charge in [0.05, 0.1) is 16.8 Å². The monoisotopic (exact) mass is 319 g/mol. The molecule has 0 radical (unpaired) electrons. The van der Waals surface area contributed by atoms with Gasteiger partial charge in [0.15, 0.2) is 0 Å². The number of phenols is 1. The first-order valence-corrected chi connectivity index (χ1v) is 7.52. The zero-order chi connectivity index (χ0) is 16.1. The summed E-state index contributed by atoms with van der Waals surface area (Å²) in [5.41, 5.74) is 1.64. The van der Waals surface area contributed by atoms with Crippen LogP contribution >= 0.6 is 11.6 Å². The number of carbonyl (C=O) groups is 1. The molecule has 116 valence electrons. The van der Waals surface area contributed by atoms with Gasteiger partial charge in [0.25, 0.3) is 0 Å². The average Bonchev–Trinajstić information content (AvgIpc) is 2.84. The molecule has 1 aliphatic rings. The van der Waals surface area contributed by atoms with Gasteiger partial charge >= 0.3 is 0 Å². The van der Waals surface area contributed by atoms with Crippen molar-refractivity contribution in [2.75, 3.05) is 5.32 Å². The van der Waals surface area contributed by atoms with Crippen LogP contribution in [0.2, 0.25) is 5.02 Å². The number of fused-ring (bicyclic) bond motifs is 1. The summed E-state index contributed by atoms with van der Waals surface area (Å²) in [6.07, 6.45) is 2.13. The van der Waals surface area contributed by atoms with Gasteiger partial charge in [-0.15, -0.1) is 0 Å². The van der Waals surface area contributed by atoms with Crippen molar-refractivity contribution in [1.82, 2.24) is 9.78 Å². The zero-order valence-electron chi connectivity index (χ0n) is 12.7. The van der Waals surface area contributed by atoms with Gasteiger partial charge in [-0.05, 0) is 38.5 Å². The van der Waals surface area contributed by atoms with E-state index in [1.165, 1.54) is 0 Å². The van der Waals surface area contributed by atoms with E-state index in [0.29, 0.717) is 6.42 Å². The minimum absolute atomic E-state index is 0.0382. The molecule has 2 heterocycles. The third kappa shape index (κ3) is 2.46. The first kappa shape index (κ1) is 14.9. The molecule has 3 rings (SSSR count). The molecular formula is C16H18ClN3O2. The predicted molar refractivity (Wildman–Crippen MR) is 85.4 cm³/mol. The van der Waals surface area contributed by atoms with Gasteiger partial charge in [-0.25, -0.2) is 4.68 Å². The lowest BCUT2D eigenvalue weighted by Crippen LogP contribution is -2.30. The summed E-state index contributed by atoms with van der Waals surface area (Å²) in [4.78, 5) is 12.1. The van der Waals surface area contributed by atoms with E-state index in [1.807, 2.05) is 25.5 Å². The van der Waals surface area contributed by atoms with Gasteiger partial charge in [0, 0.05) is 17.9 Å². The second kappa shape index (κ2) is 5.02. The highest BCUT2D eigenvalue weighted by Crippen LogP contribution is 2.40. The largest absolute Gasteiger partial charge is 0.506 e. The molecule has 1 aromatic heterocycles. The van der Waals surface area contributed by atoms with Crippen molar-refractivity contribution in [3.05, 3.63) is 40.5 Å². The first-order valence-electron chi connectivity index (χ1n) is 7.14. The van der Waals surface area contributed by atoms with E-state index in [-0.39, 0.29) is 28.1 Å². The molecule has 0 bridgehead atoms. The molecule has 1 aliphatic heterocycles. The Balaban J connectivity index is 2.11. The molecule has 1 aromatic carbocycles. The number of nitrogens with one attached hydrogen (secondary N) is 1. The van der Waals surface area contributed by atoms with E-state index >= 15 is 0 Å². The molecule has 22 heavy (non-hydrogen) atoms. The van der Waals surface area contributed by atoms with Crippen molar-refractivity contribution in [3.63, 3.8) is 0 Å². The van der Waals surface area contributed by atoms with Crippen LogP contribution in [0.25, 0.3) is 0 Å². The Kier molecular flexibility index (Phi) is 3.40. The highest BCUT2D eigenvalue weighted by Gasteiger charge is 2.32. The lowest BCUT2D eigenvalue weighted by atomic mass is 9.87. The average molecular weight is 320 g/mol. The number of phenolic OH excluding ortho intramolecular Hbond substituents is 1. The second-order valence-electron chi connectivity index (χ2n) is 6.55. The number of hydrogen-bond acceptors (Lipinski definition) is 3. The van der Waals surface area contributed by atoms with Crippen LogP contribution < -0.4 is 5.32 Å². The SMILES string of the molecule is CC(C)(C)n1ncc2c1NC(=O)C[C@H]2c1ccc(O)c(Cl)c1. The van der Waals surface area contributed by atoms with Crippen molar-refractivity contribution in [2.45, 2.75) is 38.6 Å². The summed E-state index contributed by atoms with van der Waals surface area (Å²) in [5, 5.41) is 17.2. The van der Waals surface area contributed by atoms with Gasteiger partial charge in [0.1, 0.15) is 11.6 Å². The normalized spacial score (nSPS) is 18.0. The predicted octanol–water partition coefficient (Wildman–Crippen LogP) is 3.47. The van der Waals surface area contributed by atoms with Gasteiger partial charge in [-0.2, -0.15) is 5.10 Å². The van der Waals surface area contributed by atoms with Crippen molar-refractivity contribution < 1.29 is 9.90 Å². The quantitative estimate of drug-likeness (QED) is 0.845. The van der Waals surface area contributed by atoms with E-state index in [0.717, 1.165) is 16.9 Å². The molecule has 0 saturated heterocycles. The highest BCUT2D eigenvalue weighted by atomic mass is 35.5. The van der Waals surface area contributed by atoms with Crippen LogP contribution in [0.15, 0.2) is 24.4 Å². The van der Waals surface area contributed by atoms with E-state index in [1.54, 1.807) is 24.4 Å². The lowest BCUT2D eigenvalue weighted by molar-refractivity contribution is -0.116. The third-order valence-corrected chi connectivity index (χ3v) is 4.13. The summed E-state index contributed by atoms with van der Waals surface area (Å²) in [6, 6.07) is 5.05. The number of carbonyl (C=O) groups excluding carboxylic acids is 1. The van der Waals surface area contributed by atoms with Crippen molar-refractivity contribution in [1.29, 1.82) is 0 Å². The number of aromatic nitrogens is 2. The third-order valence-electron chi connectivity index (χ3n) is 3.83. The highest BCUT2D eigenvalue weighted by molar-refractivity contribution is 6.32. The molecule has 0 spiro atoms. The Labute approximate surface area is 133 Å². The molecule has 0 fully saturated rings. The van der Waals surface area contributed by atoms with E-state index in [2.05, 4.69) is 10.4 Å². The Morgan fingerprint density at radius 1 is 1.41 bits per heavy atom. The number of rotatable bonds is 1. The van der Waals surface area contributed by atoms with Crippen molar-refractivity contribution in [2.24, 2.45) is 0 Å². The molecule has 6 heteroatoms. The molecule has 2 N–H and O–H groups in total. The zero-order valence-corrected chi connectivity index (χ0v) is 13.5. The number of nitrogens with zero attached hydrogens (tertiary/aromatic N) is 2. The first-order chi connectivity index (χ1) is 10.3. The van der Waals surface area contributed by atoms with E-state index < -0.39 is 0 Å². The summed E-state index contributed by atoms with van der Waals surface area (Å²) in [5.74, 6) is 0.611. The molecule has 1 amide bonds. The maximum Gasteiger partial charge on any atom is 0.226 e. The summed E-state index contributed by atoms with van der Waals surface area (Å²) in [7, 11) is 0. The molecule has 0 unspecified atom stereocenters. The minimum Gasteiger partial charge on any atom is -0.506 e. The Morgan fingerprint density at radius 3 is 2.77 bits per heavy atom. The van der Waals surface area contributed by atoms with Crippen LogP contribution in [-0.2, 0) is 10.3 Å². The van der Waals surface area contributed by atoms with Crippen LogP contribution in [0.5, 0.6) is 5.75 Å². The van der Waals surface area contributed by atoms with Gasteiger partial charge in [0.2, 0.25) is 5.91 Å². The second-order valence-corrected chi connectivity index (χ2v) is 6.95. The standard InChI is InChI=1S/C16H18ClN3O2/c1-16(2,3)20-15-11(8-18-20)10(7-14(22)19-15)9-4-5-13(21)12(17)6-9/h4-6,8,10,21H,7H2,1-3H3,(H,19,22)/t10-/m0/s1. The topological polar surface area (TPSA) is 67.2 Å². The van der Waals surface area contributed by atoms with Gasteiger partial charge < -0.3 is 10.4 Å². The Bertz CT molecular complexity index is 746. The molecule has 0 aliphatic carbocycles. The Morgan fingerprint density at radius 2 is 2.14 bits per heavy atom. The van der Waals surface area contributed by atoms with Gasteiger partial charge in [-0.3, -0.25) is 4.79 Å².